The number of hydrogen-bond donors (Lipinski definition) is 1. The first-order valence-corrected chi connectivity index (χ1v) is 6.74. The van der Waals surface area contributed by atoms with E-state index in [1.54, 1.807) is 12.1 Å². The Morgan fingerprint density at radius 3 is 2.37 bits per heavy atom. The first-order valence-electron chi connectivity index (χ1n) is 5.99. The van der Waals surface area contributed by atoms with Crippen molar-refractivity contribution in [1.82, 2.24) is 0 Å². The van der Waals surface area contributed by atoms with E-state index in [1.807, 2.05) is 37.3 Å². The van der Waals surface area contributed by atoms with E-state index in [0.717, 1.165) is 16.9 Å². The zero-order valence-electron chi connectivity index (χ0n) is 10.6. The molecule has 0 unspecified atom stereocenters. The van der Waals surface area contributed by atoms with Gasteiger partial charge in [-0.3, -0.25) is 0 Å². The van der Waals surface area contributed by atoms with Crippen molar-refractivity contribution >= 4 is 23.2 Å². The molecule has 0 saturated carbocycles. The van der Waals surface area contributed by atoms with Crippen LogP contribution in [0.2, 0.25) is 10.0 Å². The molecule has 0 fully saturated rings. The zero-order valence-corrected chi connectivity index (χ0v) is 12.1. The quantitative estimate of drug-likeness (QED) is 0.895. The van der Waals surface area contributed by atoms with Crippen molar-refractivity contribution in [2.24, 2.45) is 5.73 Å². The summed E-state index contributed by atoms with van der Waals surface area (Å²) in [5.41, 5.74) is 7.66. The lowest BCUT2D eigenvalue weighted by molar-refractivity contribution is 0.306. The van der Waals surface area contributed by atoms with Crippen molar-refractivity contribution in [1.29, 1.82) is 0 Å². The third-order valence-electron chi connectivity index (χ3n) is 2.83. The fourth-order valence-electron chi connectivity index (χ4n) is 1.71. The third kappa shape index (κ3) is 3.63. The molecule has 0 aliphatic carbocycles. The summed E-state index contributed by atoms with van der Waals surface area (Å²) in [5.74, 6) is 0.755. The van der Waals surface area contributed by atoms with Gasteiger partial charge in [0.25, 0.3) is 0 Å². The summed E-state index contributed by atoms with van der Waals surface area (Å²) < 4.78 is 5.72. The van der Waals surface area contributed by atoms with E-state index in [1.165, 1.54) is 0 Å². The topological polar surface area (TPSA) is 35.2 Å². The van der Waals surface area contributed by atoms with Crippen molar-refractivity contribution < 1.29 is 4.74 Å². The molecule has 0 aliphatic heterocycles. The Bertz CT molecular complexity index is 550. The SMILES string of the molecule is C[C@H](N)c1cccc(OCc2c(Cl)cccc2Cl)c1. The number of nitrogens with two attached hydrogens (primary N) is 1. The van der Waals surface area contributed by atoms with Crippen molar-refractivity contribution in [3.8, 4) is 5.75 Å². The van der Waals surface area contributed by atoms with E-state index in [2.05, 4.69) is 0 Å². The molecule has 2 rings (SSSR count). The number of benzene rings is 2. The van der Waals surface area contributed by atoms with Crippen LogP contribution in [0.5, 0.6) is 5.75 Å². The highest BCUT2D eigenvalue weighted by Gasteiger charge is 2.07. The second kappa shape index (κ2) is 6.29. The van der Waals surface area contributed by atoms with Gasteiger partial charge in [-0.2, -0.15) is 0 Å². The van der Waals surface area contributed by atoms with Gasteiger partial charge in [0, 0.05) is 21.7 Å². The van der Waals surface area contributed by atoms with Gasteiger partial charge < -0.3 is 10.5 Å². The molecule has 0 amide bonds. The van der Waals surface area contributed by atoms with Crippen LogP contribution >= 0.6 is 23.2 Å². The maximum absolute atomic E-state index is 6.09. The number of rotatable bonds is 4. The van der Waals surface area contributed by atoms with Crippen molar-refractivity contribution in [3.05, 3.63) is 63.6 Å². The molecule has 1 atom stereocenters. The van der Waals surface area contributed by atoms with E-state index in [-0.39, 0.29) is 6.04 Å². The lowest BCUT2D eigenvalue weighted by atomic mass is 10.1. The first kappa shape index (κ1) is 14.2. The molecule has 100 valence electrons. The standard InChI is InChI=1S/C15H15Cl2NO/c1-10(18)11-4-2-5-12(8-11)19-9-13-14(16)6-3-7-15(13)17/h2-8,10H,9,18H2,1H3/t10-/m0/s1. The monoisotopic (exact) mass is 295 g/mol. The minimum atomic E-state index is -0.0209. The fraction of sp³-hybridized carbons (Fsp3) is 0.200. The van der Waals surface area contributed by atoms with Crippen LogP contribution in [-0.2, 0) is 6.61 Å². The van der Waals surface area contributed by atoms with E-state index >= 15 is 0 Å². The lowest BCUT2D eigenvalue weighted by Gasteiger charge is -2.11. The number of ether oxygens (including phenoxy) is 1. The molecule has 2 aromatic carbocycles. The number of hydrogen-bond acceptors (Lipinski definition) is 2. The zero-order chi connectivity index (χ0) is 13.8. The van der Waals surface area contributed by atoms with Gasteiger partial charge in [0.05, 0.1) is 0 Å². The predicted octanol–water partition coefficient (Wildman–Crippen LogP) is 4.59. The molecule has 0 saturated heterocycles. The lowest BCUT2D eigenvalue weighted by Crippen LogP contribution is -2.05. The second-order valence-electron chi connectivity index (χ2n) is 4.35. The van der Waals surface area contributed by atoms with Crippen LogP contribution in [-0.4, -0.2) is 0 Å². The summed E-state index contributed by atoms with van der Waals surface area (Å²) in [6.45, 7) is 2.27. The van der Waals surface area contributed by atoms with E-state index < -0.39 is 0 Å². The molecule has 0 aliphatic rings. The maximum Gasteiger partial charge on any atom is 0.120 e. The largest absolute Gasteiger partial charge is 0.489 e. The van der Waals surface area contributed by atoms with Gasteiger partial charge in [-0.25, -0.2) is 0 Å². The van der Waals surface area contributed by atoms with Crippen LogP contribution < -0.4 is 10.5 Å². The van der Waals surface area contributed by atoms with Crippen LogP contribution in [0.4, 0.5) is 0 Å². The van der Waals surface area contributed by atoms with Crippen LogP contribution in [0.15, 0.2) is 42.5 Å². The second-order valence-corrected chi connectivity index (χ2v) is 5.16. The highest BCUT2D eigenvalue weighted by molar-refractivity contribution is 6.35. The molecule has 0 bridgehead atoms. The van der Waals surface area contributed by atoms with Gasteiger partial charge in [0.1, 0.15) is 12.4 Å². The van der Waals surface area contributed by atoms with Crippen molar-refractivity contribution in [2.45, 2.75) is 19.6 Å². The Morgan fingerprint density at radius 2 is 1.74 bits per heavy atom. The average molecular weight is 296 g/mol. The minimum absolute atomic E-state index is 0.0209. The van der Waals surface area contributed by atoms with Gasteiger partial charge in [-0.1, -0.05) is 41.4 Å². The molecular weight excluding hydrogens is 281 g/mol. The Hall–Kier alpha value is -1.22. The molecule has 4 heteroatoms. The third-order valence-corrected chi connectivity index (χ3v) is 3.54. The van der Waals surface area contributed by atoms with E-state index in [4.69, 9.17) is 33.7 Å². The summed E-state index contributed by atoms with van der Waals surface area (Å²) in [6.07, 6.45) is 0. The summed E-state index contributed by atoms with van der Waals surface area (Å²) in [5, 5.41) is 1.21. The van der Waals surface area contributed by atoms with Crippen LogP contribution in [0.25, 0.3) is 0 Å². The normalized spacial score (nSPS) is 12.2. The molecule has 2 aromatic rings. The maximum atomic E-state index is 6.09. The Kier molecular flexibility index (Phi) is 4.70. The molecule has 0 aromatic heterocycles. The summed E-state index contributed by atoms with van der Waals surface area (Å²) in [6, 6.07) is 13.1. The Labute approximate surface area is 123 Å². The molecule has 2 N–H and O–H groups in total. The van der Waals surface area contributed by atoms with Crippen molar-refractivity contribution in [3.63, 3.8) is 0 Å². The number of halogens is 2. The fourth-order valence-corrected chi connectivity index (χ4v) is 2.22. The first-order chi connectivity index (χ1) is 9.08. The molecule has 2 nitrogen and oxygen atoms in total. The highest BCUT2D eigenvalue weighted by Crippen LogP contribution is 2.26. The van der Waals surface area contributed by atoms with Gasteiger partial charge in [-0.05, 0) is 36.8 Å². The van der Waals surface area contributed by atoms with Gasteiger partial charge in [0.2, 0.25) is 0 Å². The highest BCUT2D eigenvalue weighted by atomic mass is 35.5. The smallest absolute Gasteiger partial charge is 0.120 e. The molecule has 0 radical (unpaired) electrons. The molecule has 0 heterocycles. The molecule has 0 spiro atoms. The predicted molar refractivity (Wildman–Crippen MR) is 79.8 cm³/mol. The van der Waals surface area contributed by atoms with Crippen LogP contribution in [0, 0.1) is 0 Å². The van der Waals surface area contributed by atoms with E-state index in [9.17, 15) is 0 Å². The van der Waals surface area contributed by atoms with Gasteiger partial charge >= 0.3 is 0 Å². The molecule has 19 heavy (non-hydrogen) atoms. The van der Waals surface area contributed by atoms with Crippen LogP contribution in [0.1, 0.15) is 24.1 Å². The summed E-state index contributed by atoms with van der Waals surface area (Å²) >= 11 is 12.2. The van der Waals surface area contributed by atoms with E-state index in [0.29, 0.717) is 16.7 Å². The summed E-state index contributed by atoms with van der Waals surface area (Å²) in [4.78, 5) is 0. The minimum Gasteiger partial charge on any atom is -0.489 e. The van der Waals surface area contributed by atoms with Crippen molar-refractivity contribution in [2.75, 3.05) is 0 Å². The van der Waals surface area contributed by atoms with Gasteiger partial charge in [-0.15, -0.1) is 0 Å². The van der Waals surface area contributed by atoms with Crippen LogP contribution in [0.3, 0.4) is 0 Å². The van der Waals surface area contributed by atoms with Gasteiger partial charge in [0.15, 0.2) is 0 Å². The Balaban J connectivity index is 2.12. The Morgan fingerprint density at radius 1 is 1.11 bits per heavy atom. The molecular formula is C15H15Cl2NO. The average Bonchev–Trinajstić information content (AvgIpc) is 2.38. The summed E-state index contributed by atoms with van der Waals surface area (Å²) in [7, 11) is 0.